The fourth-order valence-corrected chi connectivity index (χ4v) is 2.92. The van der Waals surface area contributed by atoms with Gasteiger partial charge >= 0.3 is 11.8 Å². The Hall–Kier alpha value is -3.14. The van der Waals surface area contributed by atoms with Gasteiger partial charge in [-0.05, 0) is 36.8 Å². The van der Waals surface area contributed by atoms with E-state index in [2.05, 4.69) is 21.2 Å². The van der Waals surface area contributed by atoms with Crippen molar-refractivity contribution in [2.45, 2.75) is 6.42 Å². The van der Waals surface area contributed by atoms with E-state index in [1.54, 1.807) is 49.6 Å². The Morgan fingerprint density at radius 3 is 2.50 bits per heavy atom. The molecule has 2 rings (SSSR count). The summed E-state index contributed by atoms with van der Waals surface area (Å²) in [4.78, 5) is 35.6. The zero-order chi connectivity index (χ0) is 23.3. The molecule has 0 radical (unpaired) electrons. The van der Waals surface area contributed by atoms with E-state index in [1.165, 1.54) is 6.21 Å². The lowest BCUT2D eigenvalue weighted by atomic mass is 10.2. The molecule has 170 valence electrons. The summed E-state index contributed by atoms with van der Waals surface area (Å²) in [5.41, 5.74) is 3.07. The Balaban J connectivity index is 1.87. The van der Waals surface area contributed by atoms with Crippen molar-refractivity contribution in [3.8, 4) is 5.75 Å². The summed E-state index contributed by atoms with van der Waals surface area (Å²) < 4.78 is 10.4. The number of para-hydroxylation sites is 1. The van der Waals surface area contributed by atoms with E-state index in [4.69, 9.17) is 32.7 Å². The normalized spacial score (nSPS) is 10.6. The van der Waals surface area contributed by atoms with Gasteiger partial charge in [0.1, 0.15) is 5.75 Å². The first kappa shape index (κ1) is 25.1. The van der Waals surface area contributed by atoms with Crippen LogP contribution < -0.4 is 20.8 Å². The lowest BCUT2D eigenvalue weighted by molar-refractivity contribution is -0.139. The fourth-order valence-electron chi connectivity index (χ4n) is 2.39. The Morgan fingerprint density at radius 2 is 1.78 bits per heavy atom. The molecule has 0 aliphatic heterocycles. The third kappa shape index (κ3) is 8.93. The number of methoxy groups -OCH3 is 1. The van der Waals surface area contributed by atoms with Crippen molar-refractivity contribution in [1.82, 2.24) is 10.7 Å². The van der Waals surface area contributed by atoms with Crippen LogP contribution in [-0.4, -0.2) is 50.8 Å². The van der Waals surface area contributed by atoms with Crippen LogP contribution in [0.2, 0.25) is 10.0 Å². The van der Waals surface area contributed by atoms with Gasteiger partial charge in [0.15, 0.2) is 6.61 Å². The molecule has 0 atom stereocenters. The van der Waals surface area contributed by atoms with Gasteiger partial charge < -0.3 is 20.1 Å². The smallest absolute Gasteiger partial charge is 0.329 e. The van der Waals surface area contributed by atoms with Crippen LogP contribution in [0.15, 0.2) is 47.6 Å². The highest BCUT2D eigenvalue weighted by molar-refractivity contribution is 6.35. The van der Waals surface area contributed by atoms with Crippen LogP contribution in [0.1, 0.15) is 12.0 Å². The van der Waals surface area contributed by atoms with Crippen LogP contribution >= 0.6 is 23.2 Å². The number of carbonyl (C=O) groups excluding carboxylic acids is 3. The van der Waals surface area contributed by atoms with Crippen LogP contribution in [0.3, 0.4) is 0 Å². The molecule has 9 nitrogen and oxygen atoms in total. The number of hydrogen-bond acceptors (Lipinski definition) is 6. The number of ether oxygens (including phenoxy) is 2. The number of hydrogen-bond donors (Lipinski definition) is 3. The Bertz CT molecular complexity index is 964. The summed E-state index contributed by atoms with van der Waals surface area (Å²) in [6, 6.07) is 11.4. The highest BCUT2D eigenvalue weighted by Gasteiger charge is 2.12. The molecule has 0 aliphatic rings. The minimum atomic E-state index is -0.906. The highest BCUT2D eigenvalue weighted by Crippen LogP contribution is 2.22. The molecule has 3 N–H and O–H groups in total. The molecule has 2 aromatic carbocycles. The van der Waals surface area contributed by atoms with Crippen LogP contribution in [0.4, 0.5) is 5.69 Å². The number of carbonyl (C=O) groups is 3. The number of rotatable bonds is 10. The minimum Gasteiger partial charge on any atom is -0.483 e. The van der Waals surface area contributed by atoms with Gasteiger partial charge in [0.2, 0.25) is 0 Å². The molecule has 0 heterocycles. The van der Waals surface area contributed by atoms with Crippen molar-refractivity contribution in [2.75, 3.05) is 32.2 Å². The first-order valence-electron chi connectivity index (χ1n) is 9.47. The van der Waals surface area contributed by atoms with Crippen molar-refractivity contribution in [3.63, 3.8) is 0 Å². The second kappa shape index (κ2) is 13.3. The second-order valence-electron chi connectivity index (χ2n) is 6.33. The standard InChI is InChI=1S/C21H22Cl2N4O5/c1-31-8-4-7-24-20(29)21(30)27-25-12-14-5-2-3-6-18(14)32-13-19(28)26-17-10-15(22)9-16(23)11-17/h2-3,5-6,9-12H,4,7-8,13H2,1H3,(H,24,29)(H,26,28)(H,27,30)/b25-12-. The van der Waals surface area contributed by atoms with Gasteiger partial charge in [-0.15, -0.1) is 0 Å². The lowest BCUT2D eigenvalue weighted by Gasteiger charge is -2.10. The molecular formula is C21H22Cl2N4O5. The number of halogens is 2. The number of nitrogens with zero attached hydrogens (tertiary/aromatic N) is 1. The van der Waals surface area contributed by atoms with Crippen molar-refractivity contribution < 1.29 is 23.9 Å². The summed E-state index contributed by atoms with van der Waals surface area (Å²) in [6.07, 6.45) is 1.89. The maximum Gasteiger partial charge on any atom is 0.329 e. The van der Waals surface area contributed by atoms with Crippen LogP contribution in [0.25, 0.3) is 0 Å². The average Bonchev–Trinajstić information content (AvgIpc) is 2.75. The number of anilines is 1. The summed E-state index contributed by atoms with van der Waals surface area (Å²) in [6.45, 7) is 0.497. The maximum atomic E-state index is 12.2. The molecule has 2 aromatic rings. The van der Waals surface area contributed by atoms with E-state index in [1.807, 2.05) is 0 Å². The number of benzene rings is 2. The van der Waals surface area contributed by atoms with E-state index in [9.17, 15) is 14.4 Å². The van der Waals surface area contributed by atoms with Crippen molar-refractivity contribution in [3.05, 3.63) is 58.1 Å². The fraction of sp³-hybridized carbons (Fsp3) is 0.238. The molecule has 0 aromatic heterocycles. The SMILES string of the molecule is COCCCNC(=O)C(=O)N/N=C\c1ccccc1OCC(=O)Nc1cc(Cl)cc(Cl)c1. The molecular weight excluding hydrogens is 459 g/mol. The van der Waals surface area contributed by atoms with Gasteiger partial charge in [-0.2, -0.15) is 5.10 Å². The lowest BCUT2D eigenvalue weighted by Crippen LogP contribution is -2.38. The van der Waals surface area contributed by atoms with Crippen LogP contribution in [-0.2, 0) is 19.1 Å². The zero-order valence-electron chi connectivity index (χ0n) is 17.2. The second-order valence-corrected chi connectivity index (χ2v) is 7.21. The molecule has 11 heteroatoms. The first-order valence-corrected chi connectivity index (χ1v) is 10.2. The molecule has 0 saturated carbocycles. The monoisotopic (exact) mass is 480 g/mol. The summed E-state index contributed by atoms with van der Waals surface area (Å²) >= 11 is 11.8. The van der Waals surface area contributed by atoms with Gasteiger partial charge in [0.05, 0.1) is 6.21 Å². The molecule has 0 unspecified atom stereocenters. The Labute approximate surface area is 195 Å². The molecule has 3 amide bonds. The van der Waals surface area contributed by atoms with Crippen LogP contribution in [0.5, 0.6) is 5.75 Å². The summed E-state index contributed by atoms with van der Waals surface area (Å²) in [5, 5.41) is 9.62. The largest absolute Gasteiger partial charge is 0.483 e. The van der Waals surface area contributed by atoms with E-state index in [0.29, 0.717) is 46.6 Å². The Kier molecular flexibility index (Phi) is 10.5. The van der Waals surface area contributed by atoms with E-state index >= 15 is 0 Å². The average molecular weight is 481 g/mol. The first-order chi connectivity index (χ1) is 15.4. The maximum absolute atomic E-state index is 12.2. The van der Waals surface area contributed by atoms with Gasteiger partial charge in [0, 0.05) is 41.6 Å². The van der Waals surface area contributed by atoms with E-state index in [0.717, 1.165) is 0 Å². The van der Waals surface area contributed by atoms with Gasteiger partial charge in [-0.25, -0.2) is 5.43 Å². The number of hydrazone groups is 1. The summed E-state index contributed by atoms with van der Waals surface area (Å²) in [7, 11) is 1.55. The van der Waals surface area contributed by atoms with E-state index < -0.39 is 17.7 Å². The van der Waals surface area contributed by atoms with Gasteiger partial charge in [-0.1, -0.05) is 35.3 Å². The zero-order valence-corrected chi connectivity index (χ0v) is 18.7. The van der Waals surface area contributed by atoms with Gasteiger partial charge in [0.25, 0.3) is 5.91 Å². The number of nitrogens with one attached hydrogen (secondary N) is 3. The van der Waals surface area contributed by atoms with Crippen LogP contribution in [0, 0.1) is 0 Å². The topological polar surface area (TPSA) is 118 Å². The highest BCUT2D eigenvalue weighted by atomic mass is 35.5. The number of amides is 3. The van der Waals surface area contributed by atoms with Crippen molar-refractivity contribution in [2.24, 2.45) is 5.10 Å². The van der Waals surface area contributed by atoms with E-state index in [-0.39, 0.29) is 6.61 Å². The molecule has 0 spiro atoms. The Morgan fingerprint density at radius 1 is 1.06 bits per heavy atom. The molecule has 0 fully saturated rings. The molecule has 0 saturated heterocycles. The molecule has 0 bridgehead atoms. The summed E-state index contributed by atoms with van der Waals surface area (Å²) in [5.74, 6) is -1.78. The molecule has 0 aliphatic carbocycles. The third-order valence-corrected chi connectivity index (χ3v) is 4.25. The predicted octanol–water partition coefficient (Wildman–Crippen LogP) is 2.61. The van der Waals surface area contributed by atoms with Gasteiger partial charge in [-0.3, -0.25) is 14.4 Å². The quantitative estimate of drug-likeness (QED) is 0.209. The third-order valence-electron chi connectivity index (χ3n) is 3.81. The minimum absolute atomic E-state index is 0.286. The molecule has 32 heavy (non-hydrogen) atoms. The predicted molar refractivity (Wildman–Crippen MR) is 122 cm³/mol. The van der Waals surface area contributed by atoms with Crippen molar-refractivity contribution in [1.29, 1.82) is 0 Å². The van der Waals surface area contributed by atoms with Crippen molar-refractivity contribution >= 4 is 52.8 Å².